The predicted molar refractivity (Wildman–Crippen MR) is 108 cm³/mol. The molecule has 3 aromatic rings. The molecule has 29 heavy (non-hydrogen) atoms. The van der Waals surface area contributed by atoms with Crippen LogP contribution in [0.2, 0.25) is 0 Å². The quantitative estimate of drug-likeness (QED) is 0.584. The molecule has 1 aromatic heterocycles. The predicted octanol–water partition coefficient (Wildman–Crippen LogP) is 5.83. The van der Waals surface area contributed by atoms with Crippen LogP contribution in [0.15, 0.2) is 30.3 Å². The van der Waals surface area contributed by atoms with Crippen LogP contribution in [0.1, 0.15) is 58.2 Å². The van der Waals surface area contributed by atoms with E-state index in [4.69, 9.17) is 0 Å². The summed E-state index contributed by atoms with van der Waals surface area (Å²) in [6.07, 6.45) is -5.31. The van der Waals surface area contributed by atoms with Crippen LogP contribution in [0.25, 0.3) is 16.7 Å². The van der Waals surface area contributed by atoms with Crippen molar-refractivity contribution < 1.29 is 18.3 Å². The summed E-state index contributed by atoms with van der Waals surface area (Å²) < 4.78 is 38.1. The van der Waals surface area contributed by atoms with Crippen molar-refractivity contribution in [2.45, 2.75) is 65.0 Å². The van der Waals surface area contributed by atoms with E-state index >= 15 is 0 Å². The lowest BCUT2D eigenvalue weighted by Gasteiger charge is -2.27. The number of phenolic OH excluding ortho intramolecular Hbond substituents is 1. The zero-order chi connectivity index (χ0) is 21.8. The molecule has 0 saturated carbocycles. The van der Waals surface area contributed by atoms with Crippen molar-refractivity contribution in [2.75, 3.05) is 0 Å². The number of aromatic nitrogens is 3. The van der Waals surface area contributed by atoms with Crippen molar-refractivity contribution in [1.29, 1.82) is 0 Å². The first-order chi connectivity index (χ1) is 13.1. The third-order valence-corrected chi connectivity index (χ3v) is 4.83. The second-order valence-electron chi connectivity index (χ2n) is 9.50. The minimum Gasteiger partial charge on any atom is -0.505 e. The Kier molecular flexibility index (Phi) is 4.92. The normalized spacial score (nSPS) is 13.3. The number of fused-ring (bicyclic) bond motifs is 1. The number of benzene rings is 2. The molecule has 3 rings (SSSR count). The molecule has 0 bridgehead atoms. The van der Waals surface area contributed by atoms with E-state index in [1.165, 1.54) is 23.0 Å². The van der Waals surface area contributed by atoms with Gasteiger partial charge in [-0.25, -0.2) is 0 Å². The maximum absolute atomic E-state index is 12.7. The second-order valence-corrected chi connectivity index (χ2v) is 9.50. The minimum atomic E-state index is -4.29. The minimum absolute atomic E-state index is 0.0707. The average Bonchev–Trinajstić information content (AvgIpc) is 2.94. The monoisotopic (exact) mass is 405 g/mol. The summed E-state index contributed by atoms with van der Waals surface area (Å²) in [5.41, 5.74) is 2.64. The Morgan fingerprint density at radius 3 is 2.03 bits per heavy atom. The van der Waals surface area contributed by atoms with Crippen LogP contribution in [0.3, 0.4) is 0 Å². The van der Waals surface area contributed by atoms with Crippen LogP contribution >= 0.6 is 0 Å². The SMILES string of the molecule is CC(C)(C)c1cc(-n2nc3ccc(CC(F)(F)F)cc3n2)c(O)c(C(C)(C)C)c1. The van der Waals surface area contributed by atoms with E-state index in [9.17, 15) is 18.3 Å². The lowest BCUT2D eigenvalue weighted by atomic mass is 9.80. The van der Waals surface area contributed by atoms with E-state index in [0.717, 1.165) is 11.1 Å². The first kappa shape index (κ1) is 21.1. The number of phenols is 1. The second kappa shape index (κ2) is 6.75. The number of aromatic hydroxyl groups is 1. The fourth-order valence-electron chi connectivity index (χ4n) is 3.19. The van der Waals surface area contributed by atoms with Gasteiger partial charge in [-0.15, -0.1) is 15.0 Å². The Hall–Kier alpha value is -2.57. The number of nitrogens with zero attached hydrogens (tertiary/aromatic N) is 3. The van der Waals surface area contributed by atoms with Gasteiger partial charge in [-0.05, 0) is 40.2 Å². The fraction of sp³-hybridized carbons (Fsp3) is 0.455. The molecule has 0 saturated heterocycles. The van der Waals surface area contributed by atoms with Crippen molar-refractivity contribution >= 4 is 11.0 Å². The zero-order valence-electron chi connectivity index (χ0n) is 17.5. The van der Waals surface area contributed by atoms with Gasteiger partial charge in [0.25, 0.3) is 0 Å². The molecule has 0 radical (unpaired) electrons. The molecule has 0 aliphatic rings. The summed E-state index contributed by atoms with van der Waals surface area (Å²) in [5, 5.41) is 19.7. The fourth-order valence-corrected chi connectivity index (χ4v) is 3.19. The van der Waals surface area contributed by atoms with E-state index in [-0.39, 0.29) is 22.1 Å². The van der Waals surface area contributed by atoms with Gasteiger partial charge in [0.05, 0.1) is 6.42 Å². The molecular formula is C22H26F3N3O. The number of hydrogen-bond donors (Lipinski definition) is 1. The highest BCUT2D eigenvalue weighted by Gasteiger charge is 2.28. The highest BCUT2D eigenvalue weighted by molar-refractivity contribution is 5.75. The third-order valence-electron chi connectivity index (χ3n) is 4.83. The van der Waals surface area contributed by atoms with Crippen molar-refractivity contribution in [3.8, 4) is 11.4 Å². The number of alkyl halides is 3. The number of halogens is 3. The lowest BCUT2D eigenvalue weighted by molar-refractivity contribution is -0.127. The van der Waals surface area contributed by atoms with Crippen LogP contribution in [0.5, 0.6) is 5.75 Å². The van der Waals surface area contributed by atoms with Gasteiger partial charge in [-0.3, -0.25) is 0 Å². The van der Waals surface area contributed by atoms with Gasteiger partial charge in [0.1, 0.15) is 22.5 Å². The highest BCUT2D eigenvalue weighted by atomic mass is 19.4. The topological polar surface area (TPSA) is 50.9 Å². The first-order valence-electron chi connectivity index (χ1n) is 9.46. The van der Waals surface area contributed by atoms with Crippen molar-refractivity contribution in [3.63, 3.8) is 0 Å². The van der Waals surface area contributed by atoms with Crippen molar-refractivity contribution in [2.24, 2.45) is 0 Å². The van der Waals surface area contributed by atoms with E-state index in [2.05, 4.69) is 31.0 Å². The van der Waals surface area contributed by atoms with E-state index in [1.54, 1.807) is 0 Å². The van der Waals surface area contributed by atoms with Crippen molar-refractivity contribution in [1.82, 2.24) is 15.0 Å². The van der Waals surface area contributed by atoms with E-state index in [1.807, 2.05) is 32.9 Å². The smallest absolute Gasteiger partial charge is 0.393 e. The Labute approximate surface area is 168 Å². The third kappa shape index (κ3) is 4.54. The van der Waals surface area contributed by atoms with Crippen LogP contribution in [0.4, 0.5) is 13.2 Å². The lowest BCUT2D eigenvalue weighted by Crippen LogP contribution is -2.18. The Balaban J connectivity index is 2.18. The average molecular weight is 405 g/mol. The molecule has 2 aromatic carbocycles. The summed E-state index contributed by atoms with van der Waals surface area (Å²) in [6.45, 7) is 12.3. The Morgan fingerprint density at radius 1 is 0.862 bits per heavy atom. The molecule has 1 heterocycles. The van der Waals surface area contributed by atoms with Gasteiger partial charge in [0.2, 0.25) is 0 Å². The molecule has 0 fully saturated rings. The summed E-state index contributed by atoms with van der Waals surface area (Å²) in [7, 11) is 0. The van der Waals surface area contributed by atoms with Crippen LogP contribution in [0, 0.1) is 0 Å². The van der Waals surface area contributed by atoms with Crippen molar-refractivity contribution in [3.05, 3.63) is 47.0 Å². The zero-order valence-corrected chi connectivity index (χ0v) is 17.5. The number of hydrogen-bond acceptors (Lipinski definition) is 3. The maximum Gasteiger partial charge on any atom is 0.393 e. The molecular weight excluding hydrogens is 379 g/mol. The van der Waals surface area contributed by atoms with E-state index in [0.29, 0.717) is 16.7 Å². The van der Waals surface area contributed by atoms with Crippen LogP contribution < -0.4 is 0 Å². The standard InChI is InChI=1S/C22H26F3N3O/c1-20(2,3)14-10-15(21(4,5)6)19(29)18(11-14)28-26-16-8-7-13(9-17(16)27-28)12-22(23,24)25/h7-11,29H,12H2,1-6H3. The summed E-state index contributed by atoms with van der Waals surface area (Å²) in [6, 6.07) is 8.14. The molecule has 0 aliphatic carbocycles. The Morgan fingerprint density at radius 2 is 1.48 bits per heavy atom. The largest absolute Gasteiger partial charge is 0.505 e. The number of rotatable bonds is 2. The van der Waals surface area contributed by atoms with Gasteiger partial charge >= 0.3 is 6.18 Å². The van der Waals surface area contributed by atoms with Gasteiger partial charge < -0.3 is 5.11 Å². The first-order valence-corrected chi connectivity index (χ1v) is 9.46. The molecule has 0 atom stereocenters. The summed E-state index contributed by atoms with van der Waals surface area (Å²) in [4.78, 5) is 1.31. The molecule has 7 heteroatoms. The molecule has 4 nitrogen and oxygen atoms in total. The highest BCUT2D eigenvalue weighted by Crippen LogP contribution is 2.39. The summed E-state index contributed by atoms with van der Waals surface area (Å²) in [5.74, 6) is 0.0707. The molecule has 0 aliphatic heterocycles. The Bertz CT molecular complexity index is 1050. The van der Waals surface area contributed by atoms with Gasteiger partial charge in [0, 0.05) is 5.56 Å². The summed E-state index contributed by atoms with van der Waals surface area (Å²) >= 11 is 0. The molecule has 0 spiro atoms. The maximum atomic E-state index is 12.7. The van der Waals surface area contributed by atoms with Crippen LogP contribution in [-0.2, 0) is 17.3 Å². The van der Waals surface area contributed by atoms with Crippen LogP contribution in [-0.4, -0.2) is 26.3 Å². The van der Waals surface area contributed by atoms with E-state index < -0.39 is 12.6 Å². The molecule has 0 amide bonds. The molecule has 0 unspecified atom stereocenters. The molecule has 1 N–H and O–H groups in total. The van der Waals surface area contributed by atoms with Gasteiger partial charge in [-0.1, -0.05) is 53.7 Å². The van der Waals surface area contributed by atoms with Gasteiger partial charge in [0.15, 0.2) is 0 Å². The van der Waals surface area contributed by atoms with Gasteiger partial charge in [-0.2, -0.15) is 13.2 Å². The molecule has 156 valence electrons.